The zero-order valence-electron chi connectivity index (χ0n) is 26.2. The molecule has 5 heterocycles. The van der Waals surface area contributed by atoms with Crippen LogP contribution >= 0.6 is 0 Å². The van der Waals surface area contributed by atoms with Crippen molar-refractivity contribution in [3.05, 3.63) is 77.4 Å². The molecule has 0 atom stereocenters. The Hall–Kier alpha value is -5.07. The quantitative estimate of drug-likeness (QED) is 0.297. The number of amides is 2. The van der Waals surface area contributed by atoms with Crippen molar-refractivity contribution >= 4 is 39.7 Å². The Morgan fingerprint density at radius 3 is 2.55 bits per heavy atom. The minimum Gasteiger partial charge on any atom is -0.493 e. The number of nitrogens with zero attached hydrogens (tertiary/aromatic N) is 7. The Morgan fingerprint density at radius 2 is 1.81 bits per heavy atom. The molecule has 7 rings (SSSR count). The summed E-state index contributed by atoms with van der Waals surface area (Å²) in [5, 5.41) is 8.40. The maximum absolute atomic E-state index is 16.4. The lowest BCUT2D eigenvalue weighted by molar-refractivity contribution is -0.131. The van der Waals surface area contributed by atoms with Gasteiger partial charge >= 0.3 is 0 Å². The maximum Gasteiger partial charge on any atom is 0.270 e. The van der Waals surface area contributed by atoms with Gasteiger partial charge in [0, 0.05) is 68.9 Å². The highest BCUT2D eigenvalue weighted by atomic mass is 19.1. The van der Waals surface area contributed by atoms with Crippen molar-refractivity contribution in [2.75, 3.05) is 51.3 Å². The molecule has 13 heteroatoms. The summed E-state index contributed by atoms with van der Waals surface area (Å²) in [5.41, 5.74) is 3.88. The summed E-state index contributed by atoms with van der Waals surface area (Å²) in [4.78, 5) is 39.6. The Morgan fingerprint density at radius 1 is 0.979 bits per heavy atom. The number of anilines is 1. The van der Waals surface area contributed by atoms with E-state index in [1.54, 1.807) is 32.9 Å². The molecule has 2 aliphatic heterocycles. The molecular formula is C34H36F2N8O3. The number of nitrogens with one attached hydrogen (secondary N) is 1. The van der Waals surface area contributed by atoms with Crippen LogP contribution in [0.4, 0.5) is 14.6 Å². The molecule has 3 aromatic heterocycles. The number of hydrogen-bond acceptors (Lipinski definition) is 7. The van der Waals surface area contributed by atoms with Gasteiger partial charge in [0.2, 0.25) is 5.91 Å². The summed E-state index contributed by atoms with van der Waals surface area (Å²) in [6.45, 7) is 3.10. The average molecular weight is 643 g/mol. The van der Waals surface area contributed by atoms with Crippen LogP contribution in [0.2, 0.25) is 0 Å². The Kier molecular flexibility index (Phi) is 8.44. The molecule has 2 amide bonds. The highest BCUT2D eigenvalue weighted by Crippen LogP contribution is 2.38. The van der Waals surface area contributed by atoms with Gasteiger partial charge in [-0.2, -0.15) is 0 Å². The first-order valence-electron chi connectivity index (χ1n) is 16.0. The average Bonchev–Trinajstić information content (AvgIpc) is 3.91. The number of carbonyl (C=O) groups is 2. The van der Waals surface area contributed by atoms with Crippen LogP contribution in [0, 0.1) is 11.6 Å². The number of hydrogen-bond donors (Lipinski definition) is 1. The van der Waals surface area contributed by atoms with Gasteiger partial charge in [-0.05, 0) is 54.5 Å². The second-order valence-electron chi connectivity index (χ2n) is 12.1. The molecule has 0 bridgehead atoms. The molecule has 0 unspecified atom stereocenters. The summed E-state index contributed by atoms with van der Waals surface area (Å²) in [6.07, 6.45) is 12.4. The van der Waals surface area contributed by atoms with Crippen molar-refractivity contribution in [1.29, 1.82) is 0 Å². The molecule has 0 spiro atoms. The molecule has 1 saturated heterocycles. The van der Waals surface area contributed by atoms with Crippen LogP contribution in [0.3, 0.4) is 0 Å². The summed E-state index contributed by atoms with van der Waals surface area (Å²) in [6, 6.07) is 4.96. The van der Waals surface area contributed by atoms with E-state index < -0.39 is 11.6 Å². The van der Waals surface area contributed by atoms with Crippen LogP contribution < -0.4 is 9.64 Å². The second-order valence-corrected chi connectivity index (χ2v) is 12.1. The lowest BCUT2D eigenvalue weighted by Gasteiger charge is -2.35. The summed E-state index contributed by atoms with van der Waals surface area (Å²) < 4.78 is 37.1. The topological polar surface area (TPSA) is 112 Å². The zero-order valence-corrected chi connectivity index (χ0v) is 26.2. The van der Waals surface area contributed by atoms with E-state index in [-0.39, 0.29) is 18.2 Å². The van der Waals surface area contributed by atoms with Crippen LogP contribution in [0.25, 0.3) is 22.0 Å². The van der Waals surface area contributed by atoms with Crippen LogP contribution in [0.5, 0.6) is 5.75 Å². The molecule has 1 aliphatic carbocycles. The largest absolute Gasteiger partial charge is 0.493 e. The van der Waals surface area contributed by atoms with Crippen molar-refractivity contribution in [3.8, 4) is 5.75 Å². The van der Waals surface area contributed by atoms with Gasteiger partial charge in [-0.15, -0.1) is 5.10 Å². The number of rotatable bonds is 8. The predicted octanol–water partition coefficient (Wildman–Crippen LogP) is 4.68. The Labute approximate surface area is 270 Å². The van der Waals surface area contributed by atoms with Crippen molar-refractivity contribution in [2.45, 2.75) is 38.6 Å². The van der Waals surface area contributed by atoms with Gasteiger partial charge < -0.3 is 24.4 Å². The number of piperazine rings is 1. The van der Waals surface area contributed by atoms with Gasteiger partial charge in [0.15, 0.2) is 17.4 Å². The third-order valence-corrected chi connectivity index (χ3v) is 9.23. The highest BCUT2D eigenvalue weighted by molar-refractivity contribution is 6.03. The van der Waals surface area contributed by atoms with E-state index in [2.05, 4.69) is 26.4 Å². The van der Waals surface area contributed by atoms with Gasteiger partial charge in [0.25, 0.3) is 5.91 Å². The normalized spacial score (nSPS) is 16.9. The van der Waals surface area contributed by atoms with Crippen LogP contribution in [0.15, 0.2) is 48.9 Å². The minimum absolute atomic E-state index is 0.0205. The summed E-state index contributed by atoms with van der Waals surface area (Å²) >= 11 is 0. The van der Waals surface area contributed by atoms with Gasteiger partial charge in [0.05, 0.1) is 31.6 Å². The van der Waals surface area contributed by atoms with Crippen molar-refractivity contribution in [2.24, 2.45) is 0 Å². The van der Waals surface area contributed by atoms with Gasteiger partial charge in [0.1, 0.15) is 11.5 Å². The van der Waals surface area contributed by atoms with E-state index in [9.17, 15) is 14.0 Å². The number of aromatic amines is 1. The fourth-order valence-corrected chi connectivity index (χ4v) is 6.76. The smallest absolute Gasteiger partial charge is 0.270 e. The van der Waals surface area contributed by atoms with Gasteiger partial charge in [-0.25, -0.2) is 13.8 Å². The molecule has 244 valence electrons. The third kappa shape index (κ3) is 6.09. The predicted molar refractivity (Wildman–Crippen MR) is 173 cm³/mol. The Bertz CT molecular complexity index is 1880. The van der Waals surface area contributed by atoms with Crippen LogP contribution in [-0.2, 0) is 11.3 Å². The van der Waals surface area contributed by atoms with Gasteiger partial charge in [-0.3, -0.25) is 14.3 Å². The van der Waals surface area contributed by atoms with Crippen molar-refractivity contribution < 1.29 is 23.1 Å². The number of aryl methyl sites for hydroxylation is 1. The molecule has 1 aromatic carbocycles. The van der Waals surface area contributed by atoms with Crippen molar-refractivity contribution in [3.63, 3.8) is 0 Å². The lowest BCUT2D eigenvalue weighted by atomic mass is 9.93. The first kappa shape index (κ1) is 30.6. The number of benzene rings is 1. The fourth-order valence-electron chi connectivity index (χ4n) is 6.76. The number of carbonyl (C=O) groups excluding carboxylic acids is 2. The number of allylic oxidation sites excluding steroid dienone is 2. The molecular weight excluding hydrogens is 606 g/mol. The molecule has 3 aliphatic rings. The van der Waals surface area contributed by atoms with E-state index in [0.717, 1.165) is 42.2 Å². The van der Waals surface area contributed by atoms with E-state index >= 15 is 4.39 Å². The first-order valence-corrected chi connectivity index (χ1v) is 16.0. The number of pyridine rings is 1. The standard InChI is InChI=1S/C34H36F2N8O3/c1-47-29-17-24(35)20-37-33(29)41-13-15-42(16-14-41)34(46)28-19-27-25(22-5-2-3-6-22)18-26(31(36)32(27)39-28)23-7-4-10-43(21-23)30(45)8-11-44-12-9-38-40-44/h5,7,9,12,17-20,39H,2-4,6,8,10-11,13-16,21H2,1H3. The second kappa shape index (κ2) is 13.0. The van der Waals surface area contributed by atoms with Gasteiger partial charge in [-0.1, -0.05) is 17.4 Å². The number of halogens is 2. The number of fused-ring (bicyclic) bond motifs is 1. The number of methoxy groups -OCH3 is 1. The molecule has 0 saturated carbocycles. The molecule has 1 N–H and O–H groups in total. The first-order chi connectivity index (χ1) is 22.9. The minimum atomic E-state index is -0.480. The monoisotopic (exact) mass is 642 g/mol. The van der Waals surface area contributed by atoms with Crippen molar-refractivity contribution in [1.82, 2.24) is 34.8 Å². The number of ether oxygens (including phenoxy) is 1. The molecule has 1 fully saturated rings. The van der Waals surface area contributed by atoms with E-state index in [0.29, 0.717) is 86.0 Å². The lowest BCUT2D eigenvalue weighted by Crippen LogP contribution is -2.49. The Balaban J connectivity index is 1.13. The van der Waals surface area contributed by atoms with E-state index in [1.807, 2.05) is 17.0 Å². The maximum atomic E-state index is 16.4. The zero-order chi connectivity index (χ0) is 32.5. The van der Waals surface area contributed by atoms with Crippen LogP contribution in [0.1, 0.15) is 53.7 Å². The fraction of sp³-hybridized carbons (Fsp3) is 0.382. The number of aromatic nitrogens is 5. The number of H-pyrrole nitrogens is 1. The van der Waals surface area contributed by atoms with Crippen LogP contribution in [-0.4, -0.2) is 93.0 Å². The van der Waals surface area contributed by atoms with E-state index in [1.165, 1.54) is 13.2 Å². The SMILES string of the molecule is COc1cc(F)cnc1N1CCN(C(=O)c2cc3c(C4=CCCC4)cc(C4=CCCN(C(=O)CCn5ccnn5)C4)c(F)c3[nH]2)CC1. The summed E-state index contributed by atoms with van der Waals surface area (Å²) in [7, 11) is 1.47. The molecule has 4 aromatic rings. The summed E-state index contributed by atoms with van der Waals surface area (Å²) in [5.74, 6) is -0.271. The molecule has 11 nitrogen and oxygen atoms in total. The third-order valence-electron chi connectivity index (χ3n) is 9.23. The van der Waals surface area contributed by atoms with E-state index in [4.69, 9.17) is 4.74 Å². The molecule has 47 heavy (non-hydrogen) atoms. The molecule has 0 radical (unpaired) electrons. The highest BCUT2D eigenvalue weighted by Gasteiger charge is 2.29.